The average molecular weight is 326 g/mol. The minimum Gasteiger partial charge on any atom is -0.464 e. The molecule has 0 aliphatic heterocycles. The summed E-state index contributed by atoms with van der Waals surface area (Å²) >= 11 is 0. The molecule has 0 aliphatic carbocycles. The van der Waals surface area contributed by atoms with Crippen molar-refractivity contribution in [2.24, 2.45) is 7.05 Å². The maximum absolute atomic E-state index is 12.0. The molecule has 1 aromatic carbocycles. The fraction of sp³-hybridized carbons (Fsp3) is 0.312. The molecule has 0 fully saturated rings. The molecule has 0 amide bonds. The van der Waals surface area contributed by atoms with Gasteiger partial charge in [0.05, 0.1) is 19.9 Å². The molecule has 24 heavy (non-hydrogen) atoms. The zero-order valence-corrected chi connectivity index (χ0v) is 13.8. The van der Waals surface area contributed by atoms with E-state index in [1.165, 1.54) is 22.2 Å². The SMILES string of the molecule is CCc1ccc(-c2cc(C(=O)OC)n(Cc3nnn(C)n3)n2)cc1. The van der Waals surface area contributed by atoms with Crippen LogP contribution in [0.5, 0.6) is 0 Å². The van der Waals surface area contributed by atoms with Crippen molar-refractivity contribution in [1.82, 2.24) is 30.0 Å². The molecule has 0 unspecified atom stereocenters. The predicted molar refractivity (Wildman–Crippen MR) is 86.3 cm³/mol. The molecule has 2 aromatic heterocycles. The van der Waals surface area contributed by atoms with E-state index < -0.39 is 5.97 Å². The van der Waals surface area contributed by atoms with Gasteiger partial charge in [-0.25, -0.2) is 9.48 Å². The molecule has 0 saturated heterocycles. The lowest BCUT2D eigenvalue weighted by Gasteiger charge is -2.02. The van der Waals surface area contributed by atoms with Crippen LogP contribution in [0, 0.1) is 0 Å². The zero-order chi connectivity index (χ0) is 17.1. The highest BCUT2D eigenvalue weighted by molar-refractivity contribution is 5.89. The molecule has 3 aromatic rings. The van der Waals surface area contributed by atoms with Crippen molar-refractivity contribution in [3.05, 3.63) is 47.4 Å². The van der Waals surface area contributed by atoms with Gasteiger partial charge in [-0.05, 0) is 23.3 Å². The van der Waals surface area contributed by atoms with Gasteiger partial charge in [0, 0.05) is 5.56 Å². The summed E-state index contributed by atoms with van der Waals surface area (Å²) in [5.74, 6) is 0.0152. The van der Waals surface area contributed by atoms with Crippen molar-refractivity contribution in [1.29, 1.82) is 0 Å². The van der Waals surface area contributed by atoms with Crippen molar-refractivity contribution in [2.75, 3.05) is 7.11 Å². The molecule has 0 radical (unpaired) electrons. The lowest BCUT2D eigenvalue weighted by molar-refractivity contribution is 0.0587. The third kappa shape index (κ3) is 3.17. The van der Waals surface area contributed by atoms with E-state index in [-0.39, 0.29) is 6.54 Å². The van der Waals surface area contributed by atoms with Crippen LogP contribution < -0.4 is 0 Å². The normalized spacial score (nSPS) is 10.8. The Morgan fingerprint density at radius 2 is 1.96 bits per heavy atom. The van der Waals surface area contributed by atoms with Gasteiger partial charge in [-0.2, -0.15) is 9.90 Å². The second kappa shape index (κ2) is 6.61. The van der Waals surface area contributed by atoms with Crippen LogP contribution in [0.15, 0.2) is 30.3 Å². The number of carbonyl (C=O) groups excluding carboxylic acids is 1. The highest BCUT2D eigenvalue weighted by Gasteiger charge is 2.18. The average Bonchev–Trinajstić information content (AvgIpc) is 3.21. The van der Waals surface area contributed by atoms with Crippen LogP contribution >= 0.6 is 0 Å². The second-order valence-electron chi connectivity index (χ2n) is 5.31. The molecule has 0 aliphatic rings. The summed E-state index contributed by atoms with van der Waals surface area (Å²) in [5, 5.41) is 16.3. The maximum Gasteiger partial charge on any atom is 0.356 e. The summed E-state index contributed by atoms with van der Waals surface area (Å²) in [4.78, 5) is 13.4. The number of nitrogens with zero attached hydrogens (tertiary/aromatic N) is 6. The van der Waals surface area contributed by atoms with Crippen LogP contribution in [0.2, 0.25) is 0 Å². The highest BCUT2D eigenvalue weighted by Crippen LogP contribution is 2.21. The number of benzene rings is 1. The van der Waals surface area contributed by atoms with Crippen LogP contribution in [-0.4, -0.2) is 43.1 Å². The van der Waals surface area contributed by atoms with Gasteiger partial charge in [-0.1, -0.05) is 31.2 Å². The summed E-state index contributed by atoms with van der Waals surface area (Å²) in [5.41, 5.74) is 3.22. The van der Waals surface area contributed by atoms with Crippen molar-refractivity contribution >= 4 is 5.97 Å². The van der Waals surface area contributed by atoms with E-state index >= 15 is 0 Å². The molecule has 2 heterocycles. The van der Waals surface area contributed by atoms with Gasteiger partial charge in [0.15, 0.2) is 5.82 Å². The smallest absolute Gasteiger partial charge is 0.356 e. The molecule has 124 valence electrons. The zero-order valence-electron chi connectivity index (χ0n) is 13.8. The van der Waals surface area contributed by atoms with Crippen molar-refractivity contribution in [3.63, 3.8) is 0 Å². The molecule has 0 saturated carbocycles. The minimum absolute atomic E-state index is 0.241. The molecule has 8 nitrogen and oxygen atoms in total. The Kier molecular flexibility index (Phi) is 4.37. The Balaban J connectivity index is 1.97. The van der Waals surface area contributed by atoms with Gasteiger partial charge < -0.3 is 4.74 Å². The first-order chi connectivity index (χ1) is 11.6. The first kappa shape index (κ1) is 15.9. The number of tetrazole rings is 1. The summed E-state index contributed by atoms with van der Waals surface area (Å²) in [7, 11) is 3.03. The van der Waals surface area contributed by atoms with E-state index in [0.29, 0.717) is 17.2 Å². The van der Waals surface area contributed by atoms with Crippen LogP contribution in [-0.2, 0) is 24.8 Å². The number of aromatic nitrogens is 6. The van der Waals surface area contributed by atoms with Crippen LogP contribution in [0.1, 0.15) is 28.8 Å². The van der Waals surface area contributed by atoms with Gasteiger partial charge in [0.1, 0.15) is 12.2 Å². The highest BCUT2D eigenvalue weighted by atomic mass is 16.5. The number of aryl methyl sites for hydroxylation is 2. The minimum atomic E-state index is -0.456. The first-order valence-corrected chi connectivity index (χ1v) is 7.59. The van der Waals surface area contributed by atoms with Crippen LogP contribution in [0.4, 0.5) is 0 Å². The quantitative estimate of drug-likeness (QED) is 0.660. The summed E-state index contributed by atoms with van der Waals surface area (Å²) in [6.45, 7) is 2.35. The topological polar surface area (TPSA) is 87.7 Å². The van der Waals surface area contributed by atoms with Gasteiger partial charge in [-0.3, -0.25) is 0 Å². The fourth-order valence-corrected chi connectivity index (χ4v) is 2.38. The molecule has 8 heteroatoms. The van der Waals surface area contributed by atoms with E-state index in [2.05, 4.69) is 39.6 Å². The number of methoxy groups -OCH3 is 1. The lowest BCUT2D eigenvalue weighted by Crippen LogP contribution is -2.13. The monoisotopic (exact) mass is 326 g/mol. The third-order valence-corrected chi connectivity index (χ3v) is 3.67. The van der Waals surface area contributed by atoms with E-state index in [0.717, 1.165) is 12.0 Å². The van der Waals surface area contributed by atoms with Crippen molar-refractivity contribution in [3.8, 4) is 11.3 Å². The molecule has 0 bridgehead atoms. The Morgan fingerprint density at radius 3 is 2.54 bits per heavy atom. The first-order valence-electron chi connectivity index (χ1n) is 7.59. The number of carbonyl (C=O) groups is 1. The number of esters is 1. The summed E-state index contributed by atoms with van der Waals surface area (Å²) in [6.07, 6.45) is 0.973. The van der Waals surface area contributed by atoms with Crippen LogP contribution in [0.25, 0.3) is 11.3 Å². The maximum atomic E-state index is 12.0. The summed E-state index contributed by atoms with van der Waals surface area (Å²) < 4.78 is 6.38. The summed E-state index contributed by atoms with van der Waals surface area (Å²) in [6, 6.07) is 9.80. The van der Waals surface area contributed by atoms with Crippen LogP contribution in [0.3, 0.4) is 0 Å². The third-order valence-electron chi connectivity index (χ3n) is 3.67. The Labute approximate surface area is 139 Å². The Hall–Kier alpha value is -3.03. The van der Waals surface area contributed by atoms with Gasteiger partial charge in [0.2, 0.25) is 0 Å². The molecule has 0 N–H and O–H groups in total. The van der Waals surface area contributed by atoms with E-state index in [9.17, 15) is 4.79 Å². The Morgan fingerprint density at radius 1 is 1.21 bits per heavy atom. The number of hydrogen-bond donors (Lipinski definition) is 0. The second-order valence-corrected chi connectivity index (χ2v) is 5.31. The van der Waals surface area contributed by atoms with Gasteiger partial charge >= 0.3 is 5.97 Å². The van der Waals surface area contributed by atoms with Crippen molar-refractivity contribution in [2.45, 2.75) is 19.9 Å². The van der Waals surface area contributed by atoms with E-state index in [1.54, 1.807) is 13.1 Å². The molecular formula is C16H18N6O2. The molecule has 0 atom stereocenters. The molecule has 3 rings (SSSR count). The van der Waals surface area contributed by atoms with Crippen molar-refractivity contribution < 1.29 is 9.53 Å². The van der Waals surface area contributed by atoms with Gasteiger partial charge in [-0.15, -0.1) is 10.2 Å². The molecular weight excluding hydrogens is 308 g/mol. The number of rotatable bonds is 5. The largest absolute Gasteiger partial charge is 0.464 e. The number of hydrogen-bond acceptors (Lipinski definition) is 6. The van der Waals surface area contributed by atoms with E-state index in [1.807, 2.05) is 12.1 Å². The fourth-order valence-electron chi connectivity index (χ4n) is 2.38. The number of ether oxygens (including phenoxy) is 1. The standard InChI is InChI=1S/C16H18N6O2/c1-4-11-5-7-12(8-6-11)13-9-14(16(23)24-3)22(18-13)10-15-17-20-21(2)19-15/h5-9H,4,10H2,1-3H3. The molecule has 0 spiro atoms. The lowest BCUT2D eigenvalue weighted by atomic mass is 10.1. The van der Waals surface area contributed by atoms with Gasteiger partial charge in [0.25, 0.3) is 0 Å². The predicted octanol–water partition coefficient (Wildman–Crippen LogP) is 1.47. The Bertz CT molecular complexity index is 850. The van der Waals surface area contributed by atoms with E-state index in [4.69, 9.17) is 4.74 Å².